The summed E-state index contributed by atoms with van der Waals surface area (Å²) in [7, 11) is 0. The highest BCUT2D eigenvalue weighted by molar-refractivity contribution is 5.81. The molecule has 4 nitrogen and oxygen atoms in total. The Bertz CT molecular complexity index is 224. The summed E-state index contributed by atoms with van der Waals surface area (Å²) in [6, 6.07) is 0.560. The third-order valence-electron chi connectivity index (χ3n) is 3.50. The van der Waals surface area contributed by atoms with Crippen LogP contribution in [-0.2, 0) is 4.79 Å². The van der Waals surface area contributed by atoms with Crippen molar-refractivity contribution in [3.8, 4) is 0 Å². The molecule has 1 heterocycles. The third kappa shape index (κ3) is 3.76. The molecule has 2 unspecified atom stereocenters. The van der Waals surface area contributed by atoms with Gasteiger partial charge in [-0.25, -0.2) is 0 Å². The fourth-order valence-electron chi connectivity index (χ4n) is 1.94. The van der Waals surface area contributed by atoms with Crippen molar-refractivity contribution in [1.29, 1.82) is 0 Å². The highest BCUT2D eigenvalue weighted by Gasteiger charge is 2.25. The van der Waals surface area contributed by atoms with Crippen LogP contribution >= 0.6 is 0 Å². The minimum Gasteiger partial charge on any atom is -0.352 e. The zero-order valence-electron chi connectivity index (χ0n) is 10.7. The quantitative estimate of drug-likeness (QED) is 0.744. The second kappa shape index (κ2) is 6.21. The lowest BCUT2D eigenvalue weighted by Crippen LogP contribution is -2.51. The largest absolute Gasteiger partial charge is 0.352 e. The summed E-state index contributed by atoms with van der Waals surface area (Å²) < 4.78 is 0. The molecule has 1 amide bonds. The lowest BCUT2D eigenvalue weighted by Gasteiger charge is -2.34. The summed E-state index contributed by atoms with van der Waals surface area (Å²) in [4.78, 5) is 14.1. The fraction of sp³-hybridized carbons (Fsp3) is 0.917. The normalized spacial score (nSPS) is 22.8. The average molecular weight is 227 g/mol. The van der Waals surface area contributed by atoms with Crippen LogP contribution in [0.4, 0.5) is 0 Å². The number of amides is 1. The lowest BCUT2D eigenvalue weighted by molar-refractivity contribution is -0.126. The van der Waals surface area contributed by atoms with Crippen molar-refractivity contribution in [2.45, 2.75) is 58.2 Å². The Labute approximate surface area is 98.6 Å². The van der Waals surface area contributed by atoms with E-state index in [9.17, 15) is 4.79 Å². The van der Waals surface area contributed by atoms with Gasteiger partial charge in [0.25, 0.3) is 0 Å². The molecule has 4 heteroatoms. The molecular weight excluding hydrogens is 202 g/mol. The minimum absolute atomic E-state index is 0.0264. The number of rotatable bonds is 4. The van der Waals surface area contributed by atoms with Crippen LogP contribution in [0.5, 0.6) is 0 Å². The van der Waals surface area contributed by atoms with Crippen molar-refractivity contribution >= 4 is 5.91 Å². The number of hydrogen-bond acceptors (Lipinski definition) is 3. The maximum Gasteiger partial charge on any atom is 0.237 e. The van der Waals surface area contributed by atoms with Gasteiger partial charge in [0.2, 0.25) is 5.91 Å². The highest BCUT2D eigenvalue weighted by Crippen LogP contribution is 2.11. The standard InChI is InChI=1S/C12H25N3O/c1-4-9(2)14-12(16)10(3)15-7-5-11(13)6-8-15/h9-11H,4-8,13H2,1-3H3,(H,14,16). The Kier molecular flexibility index (Phi) is 5.22. The number of likely N-dealkylation sites (tertiary alicyclic amines) is 1. The van der Waals surface area contributed by atoms with Gasteiger partial charge in [0.1, 0.15) is 0 Å². The summed E-state index contributed by atoms with van der Waals surface area (Å²) >= 11 is 0. The first-order valence-electron chi connectivity index (χ1n) is 6.34. The van der Waals surface area contributed by atoms with Gasteiger partial charge in [-0.1, -0.05) is 6.92 Å². The molecule has 1 aliphatic rings. The van der Waals surface area contributed by atoms with Gasteiger partial charge < -0.3 is 11.1 Å². The fourth-order valence-corrected chi connectivity index (χ4v) is 1.94. The molecule has 0 aliphatic carbocycles. The van der Waals surface area contributed by atoms with E-state index in [2.05, 4.69) is 17.1 Å². The van der Waals surface area contributed by atoms with Crippen molar-refractivity contribution in [1.82, 2.24) is 10.2 Å². The maximum atomic E-state index is 11.9. The van der Waals surface area contributed by atoms with E-state index in [4.69, 9.17) is 5.73 Å². The van der Waals surface area contributed by atoms with Crippen molar-refractivity contribution in [2.24, 2.45) is 5.73 Å². The Morgan fingerprint density at radius 1 is 1.44 bits per heavy atom. The van der Waals surface area contributed by atoms with Crippen molar-refractivity contribution in [2.75, 3.05) is 13.1 Å². The molecule has 94 valence electrons. The van der Waals surface area contributed by atoms with E-state index >= 15 is 0 Å². The average Bonchev–Trinajstić information content (AvgIpc) is 2.28. The van der Waals surface area contributed by atoms with Crippen LogP contribution < -0.4 is 11.1 Å². The number of piperidine rings is 1. The van der Waals surface area contributed by atoms with E-state index in [1.165, 1.54) is 0 Å². The van der Waals surface area contributed by atoms with E-state index in [0.717, 1.165) is 32.4 Å². The number of hydrogen-bond donors (Lipinski definition) is 2. The molecule has 1 rings (SSSR count). The van der Waals surface area contributed by atoms with E-state index in [-0.39, 0.29) is 18.0 Å². The van der Waals surface area contributed by atoms with Crippen molar-refractivity contribution in [3.63, 3.8) is 0 Å². The Balaban J connectivity index is 2.38. The first-order chi connectivity index (χ1) is 7.54. The van der Waals surface area contributed by atoms with Gasteiger partial charge in [-0.15, -0.1) is 0 Å². The molecule has 0 radical (unpaired) electrons. The summed E-state index contributed by atoms with van der Waals surface area (Å²) in [6.45, 7) is 7.98. The number of nitrogens with one attached hydrogen (secondary N) is 1. The van der Waals surface area contributed by atoms with Crippen LogP contribution in [0.15, 0.2) is 0 Å². The first-order valence-corrected chi connectivity index (χ1v) is 6.34. The Morgan fingerprint density at radius 3 is 2.50 bits per heavy atom. The molecular formula is C12H25N3O. The summed E-state index contributed by atoms with van der Waals surface area (Å²) in [5, 5.41) is 3.03. The number of carbonyl (C=O) groups is 1. The van der Waals surface area contributed by atoms with Gasteiger partial charge in [0.05, 0.1) is 6.04 Å². The minimum atomic E-state index is -0.0264. The summed E-state index contributed by atoms with van der Waals surface area (Å²) in [5.74, 6) is 0.143. The number of nitrogens with two attached hydrogens (primary N) is 1. The Hall–Kier alpha value is -0.610. The van der Waals surface area contributed by atoms with Crippen molar-refractivity contribution in [3.05, 3.63) is 0 Å². The lowest BCUT2D eigenvalue weighted by atomic mass is 10.0. The maximum absolute atomic E-state index is 11.9. The molecule has 1 saturated heterocycles. The second-order valence-corrected chi connectivity index (χ2v) is 4.87. The predicted octanol–water partition coefficient (Wildman–Crippen LogP) is 0.713. The topological polar surface area (TPSA) is 58.4 Å². The van der Waals surface area contributed by atoms with Crippen LogP contribution in [0, 0.1) is 0 Å². The van der Waals surface area contributed by atoms with E-state index < -0.39 is 0 Å². The summed E-state index contributed by atoms with van der Waals surface area (Å²) in [6.07, 6.45) is 2.98. The van der Waals surface area contributed by atoms with Crippen LogP contribution in [-0.4, -0.2) is 42.0 Å². The van der Waals surface area contributed by atoms with Crippen LogP contribution in [0.1, 0.15) is 40.0 Å². The predicted molar refractivity (Wildman–Crippen MR) is 66.1 cm³/mol. The van der Waals surface area contributed by atoms with Crippen LogP contribution in [0.3, 0.4) is 0 Å². The Morgan fingerprint density at radius 2 is 2.00 bits per heavy atom. The van der Waals surface area contributed by atoms with Crippen LogP contribution in [0.2, 0.25) is 0 Å². The molecule has 0 aromatic heterocycles. The molecule has 16 heavy (non-hydrogen) atoms. The molecule has 0 saturated carbocycles. The monoisotopic (exact) mass is 227 g/mol. The second-order valence-electron chi connectivity index (χ2n) is 4.87. The molecule has 2 atom stereocenters. The van der Waals surface area contributed by atoms with Crippen LogP contribution in [0.25, 0.3) is 0 Å². The number of carbonyl (C=O) groups excluding carboxylic acids is 1. The molecule has 0 aromatic carbocycles. The molecule has 1 aliphatic heterocycles. The zero-order valence-corrected chi connectivity index (χ0v) is 10.7. The third-order valence-corrected chi connectivity index (χ3v) is 3.50. The molecule has 0 spiro atoms. The van der Waals surface area contributed by atoms with Gasteiger partial charge in [-0.3, -0.25) is 9.69 Å². The zero-order chi connectivity index (χ0) is 12.1. The van der Waals surface area contributed by atoms with E-state index in [1.54, 1.807) is 0 Å². The van der Waals surface area contributed by atoms with Gasteiger partial charge in [-0.05, 0) is 33.1 Å². The SMILES string of the molecule is CCC(C)NC(=O)C(C)N1CCC(N)CC1. The van der Waals surface area contributed by atoms with E-state index in [0.29, 0.717) is 6.04 Å². The van der Waals surface area contributed by atoms with Gasteiger partial charge in [-0.2, -0.15) is 0 Å². The molecule has 3 N–H and O–H groups in total. The number of nitrogens with zero attached hydrogens (tertiary/aromatic N) is 1. The van der Waals surface area contributed by atoms with Crippen molar-refractivity contribution < 1.29 is 4.79 Å². The van der Waals surface area contributed by atoms with Gasteiger partial charge in [0.15, 0.2) is 0 Å². The molecule has 1 fully saturated rings. The highest BCUT2D eigenvalue weighted by atomic mass is 16.2. The molecule has 0 aromatic rings. The smallest absolute Gasteiger partial charge is 0.237 e. The van der Waals surface area contributed by atoms with E-state index in [1.807, 2.05) is 13.8 Å². The van der Waals surface area contributed by atoms with Gasteiger partial charge in [0, 0.05) is 25.2 Å². The summed E-state index contributed by atoms with van der Waals surface area (Å²) in [5.41, 5.74) is 5.85. The van der Waals surface area contributed by atoms with Gasteiger partial charge >= 0.3 is 0 Å². The first kappa shape index (κ1) is 13.5. The molecule has 0 bridgehead atoms.